The van der Waals surface area contributed by atoms with Crippen LogP contribution in [0.25, 0.3) is 11.0 Å². The summed E-state index contributed by atoms with van der Waals surface area (Å²) in [6, 6.07) is 8.08. The van der Waals surface area contributed by atoms with E-state index in [1.165, 1.54) is 0 Å². The third kappa shape index (κ3) is 2.66. The van der Waals surface area contributed by atoms with Crippen molar-refractivity contribution in [2.75, 3.05) is 6.61 Å². The Labute approximate surface area is 101 Å². The number of hydrogen-bond donors (Lipinski definition) is 1. The number of benzene rings is 1. The minimum atomic E-state index is 0.209. The summed E-state index contributed by atoms with van der Waals surface area (Å²) in [4.78, 5) is 4.54. The molecule has 0 saturated carbocycles. The van der Waals surface area contributed by atoms with Crippen molar-refractivity contribution in [3.63, 3.8) is 0 Å². The standard InChI is InChI=1S/C14H16N2O/c1-16-13-9-6-5-8-12(13)15-14(16)10-4-2-3-7-11-17/h5-6,8-9,17H,3,7,10-11H2,1H3. The number of fused-ring (bicyclic) bond motifs is 1. The van der Waals surface area contributed by atoms with Gasteiger partial charge in [0, 0.05) is 20.1 Å². The maximum absolute atomic E-state index is 8.64. The Hall–Kier alpha value is -1.79. The van der Waals surface area contributed by atoms with E-state index in [0.29, 0.717) is 6.42 Å². The average Bonchev–Trinajstić information content (AvgIpc) is 2.67. The summed E-state index contributed by atoms with van der Waals surface area (Å²) >= 11 is 0. The summed E-state index contributed by atoms with van der Waals surface area (Å²) in [5, 5.41) is 8.64. The van der Waals surface area contributed by atoms with E-state index in [9.17, 15) is 0 Å². The van der Waals surface area contributed by atoms with Crippen molar-refractivity contribution < 1.29 is 5.11 Å². The maximum atomic E-state index is 8.64. The lowest BCUT2D eigenvalue weighted by molar-refractivity contribution is 0.290. The van der Waals surface area contributed by atoms with Crippen LogP contribution < -0.4 is 0 Å². The maximum Gasteiger partial charge on any atom is 0.121 e. The molecule has 0 saturated heterocycles. The van der Waals surface area contributed by atoms with Crippen molar-refractivity contribution in [3.05, 3.63) is 30.1 Å². The molecule has 3 heteroatoms. The minimum absolute atomic E-state index is 0.209. The molecule has 0 aliphatic heterocycles. The Balaban J connectivity index is 2.13. The zero-order chi connectivity index (χ0) is 12.1. The molecule has 0 unspecified atom stereocenters. The molecule has 1 N–H and O–H groups in total. The number of aliphatic hydroxyl groups is 1. The SMILES string of the molecule is Cn1c(CC#CCCCO)nc2ccccc21. The molecule has 1 aromatic heterocycles. The van der Waals surface area contributed by atoms with E-state index in [0.717, 1.165) is 29.7 Å². The van der Waals surface area contributed by atoms with Gasteiger partial charge in [-0.1, -0.05) is 18.1 Å². The summed E-state index contributed by atoms with van der Waals surface area (Å²) < 4.78 is 2.08. The van der Waals surface area contributed by atoms with E-state index in [4.69, 9.17) is 5.11 Å². The summed E-state index contributed by atoms with van der Waals surface area (Å²) in [6.45, 7) is 0.209. The number of unbranched alkanes of at least 4 members (excludes halogenated alkanes) is 1. The molecule has 0 radical (unpaired) electrons. The zero-order valence-corrected chi connectivity index (χ0v) is 9.98. The Morgan fingerprint density at radius 1 is 1.29 bits per heavy atom. The van der Waals surface area contributed by atoms with Gasteiger partial charge in [-0.15, -0.1) is 5.92 Å². The van der Waals surface area contributed by atoms with E-state index < -0.39 is 0 Å². The van der Waals surface area contributed by atoms with Crippen LogP contribution >= 0.6 is 0 Å². The van der Waals surface area contributed by atoms with Crippen LogP contribution in [-0.2, 0) is 13.5 Å². The molecule has 2 aromatic rings. The summed E-state index contributed by atoms with van der Waals surface area (Å²) in [5.74, 6) is 7.13. The van der Waals surface area contributed by atoms with Gasteiger partial charge in [-0.05, 0) is 18.6 Å². The molecular formula is C14H16N2O. The van der Waals surface area contributed by atoms with Gasteiger partial charge in [-0.2, -0.15) is 0 Å². The number of aliphatic hydroxyl groups excluding tert-OH is 1. The largest absolute Gasteiger partial charge is 0.396 e. The number of para-hydroxylation sites is 2. The summed E-state index contributed by atoms with van der Waals surface area (Å²) in [5.41, 5.74) is 2.15. The highest BCUT2D eigenvalue weighted by Gasteiger charge is 2.04. The molecule has 1 aromatic carbocycles. The summed E-state index contributed by atoms with van der Waals surface area (Å²) in [7, 11) is 2.01. The van der Waals surface area contributed by atoms with Gasteiger partial charge in [0.25, 0.3) is 0 Å². The highest BCUT2D eigenvalue weighted by Crippen LogP contribution is 2.14. The second kappa shape index (κ2) is 5.51. The van der Waals surface area contributed by atoms with Crippen LogP contribution in [0.2, 0.25) is 0 Å². The van der Waals surface area contributed by atoms with E-state index in [1.807, 2.05) is 25.2 Å². The number of nitrogens with zero attached hydrogens (tertiary/aromatic N) is 2. The molecule has 88 valence electrons. The minimum Gasteiger partial charge on any atom is -0.396 e. The van der Waals surface area contributed by atoms with Crippen molar-refractivity contribution in [1.82, 2.24) is 9.55 Å². The Bertz CT molecular complexity index is 560. The molecule has 0 fully saturated rings. The Morgan fingerprint density at radius 2 is 2.12 bits per heavy atom. The fourth-order valence-corrected chi connectivity index (χ4v) is 1.75. The molecule has 0 amide bonds. The third-order valence-corrected chi connectivity index (χ3v) is 2.71. The third-order valence-electron chi connectivity index (χ3n) is 2.71. The first-order valence-corrected chi connectivity index (χ1v) is 5.80. The number of rotatable bonds is 3. The van der Waals surface area contributed by atoms with Gasteiger partial charge in [-0.25, -0.2) is 4.98 Å². The lowest BCUT2D eigenvalue weighted by atomic mass is 10.3. The van der Waals surface area contributed by atoms with Crippen molar-refractivity contribution in [3.8, 4) is 11.8 Å². The van der Waals surface area contributed by atoms with Crippen LogP contribution in [0.4, 0.5) is 0 Å². The van der Waals surface area contributed by atoms with Crippen molar-refractivity contribution >= 4 is 11.0 Å². The monoisotopic (exact) mass is 228 g/mol. The van der Waals surface area contributed by atoms with Crippen LogP contribution in [0, 0.1) is 11.8 Å². The first-order valence-electron chi connectivity index (χ1n) is 5.80. The van der Waals surface area contributed by atoms with Crippen LogP contribution in [-0.4, -0.2) is 21.3 Å². The lowest BCUT2D eigenvalue weighted by Crippen LogP contribution is -1.96. The predicted octanol–water partition coefficient (Wildman–Crippen LogP) is 1.89. The molecule has 0 bridgehead atoms. The van der Waals surface area contributed by atoms with E-state index in [-0.39, 0.29) is 6.61 Å². The summed E-state index contributed by atoms with van der Waals surface area (Å²) in [6.07, 6.45) is 2.16. The van der Waals surface area contributed by atoms with E-state index in [1.54, 1.807) is 0 Å². The van der Waals surface area contributed by atoms with E-state index in [2.05, 4.69) is 27.5 Å². The molecule has 3 nitrogen and oxygen atoms in total. The second-order valence-corrected chi connectivity index (χ2v) is 3.93. The first kappa shape index (κ1) is 11.7. The van der Waals surface area contributed by atoms with Crippen molar-refractivity contribution in [1.29, 1.82) is 0 Å². The Kier molecular flexibility index (Phi) is 3.79. The van der Waals surface area contributed by atoms with Crippen LogP contribution in [0.15, 0.2) is 24.3 Å². The van der Waals surface area contributed by atoms with Crippen LogP contribution in [0.5, 0.6) is 0 Å². The molecule has 2 rings (SSSR count). The lowest BCUT2D eigenvalue weighted by Gasteiger charge is -1.96. The number of hydrogen-bond acceptors (Lipinski definition) is 2. The molecule has 0 atom stereocenters. The highest BCUT2D eigenvalue weighted by atomic mass is 16.2. The molecule has 0 spiro atoms. The molecule has 0 aliphatic carbocycles. The van der Waals surface area contributed by atoms with Gasteiger partial charge in [0.05, 0.1) is 17.5 Å². The smallest absolute Gasteiger partial charge is 0.121 e. The fraction of sp³-hybridized carbons (Fsp3) is 0.357. The second-order valence-electron chi connectivity index (χ2n) is 3.93. The zero-order valence-electron chi connectivity index (χ0n) is 9.98. The van der Waals surface area contributed by atoms with Crippen molar-refractivity contribution in [2.45, 2.75) is 19.3 Å². The fourth-order valence-electron chi connectivity index (χ4n) is 1.75. The van der Waals surface area contributed by atoms with E-state index >= 15 is 0 Å². The van der Waals surface area contributed by atoms with Gasteiger partial charge in [-0.3, -0.25) is 0 Å². The predicted molar refractivity (Wildman–Crippen MR) is 68.5 cm³/mol. The van der Waals surface area contributed by atoms with Gasteiger partial charge in [0.15, 0.2) is 0 Å². The van der Waals surface area contributed by atoms with Gasteiger partial charge >= 0.3 is 0 Å². The van der Waals surface area contributed by atoms with Gasteiger partial charge in [0.1, 0.15) is 5.82 Å². The Morgan fingerprint density at radius 3 is 2.88 bits per heavy atom. The van der Waals surface area contributed by atoms with Crippen LogP contribution in [0.3, 0.4) is 0 Å². The number of aromatic nitrogens is 2. The highest BCUT2D eigenvalue weighted by molar-refractivity contribution is 5.75. The van der Waals surface area contributed by atoms with Crippen molar-refractivity contribution in [2.24, 2.45) is 7.05 Å². The molecular weight excluding hydrogens is 212 g/mol. The molecule has 17 heavy (non-hydrogen) atoms. The quantitative estimate of drug-likeness (QED) is 0.643. The molecule has 1 heterocycles. The van der Waals surface area contributed by atoms with Gasteiger partial charge in [0.2, 0.25) is 0 Å². The number of imidazole rings is 1. The molecule has 0 aliphatic rings. The number of aryl methyl sites for hydroxylation is 1. The normalized spacial score (nSPS) is 10.2. The van der Waals surface area contributed by atoms with Gasteiger partial charge < -0.3 is 9.67 Å². The topological polar surface area (TPSA) is 38.0 Å². The average molecular weight is 228 g/mol. The van der Waals surface area contributed by atoms with Crippen LogP contribution in [0.1, 0.15) is 18.7 Å². The first-order chi connectivity index (χ1) is 8.33.